The number of aromatic nitrogens is 2. The molecular formula is C12H12N2OS. The Bertz CT molecular complexity index is 495. The highest BCUT2D eigenvalue weighted by Gasteiger charge is 2.21. The van der Waals surface area contributed by atoms with Gasteiger partial charge in [-0.15, -0.1) is 11.3 Å². The minimum atomic E-state index is -0.190. The number of aliphatic hydroxyl groups is 1. The first-order valence-electron chi connectivity index (χ1n) is 5.41. The summed E-state index contributed by atoms with van der Waals surface area (Å²) in [6.45, 7) is 0. The zero-order valence-corrected chi connectivity index (χ0v) is 9.57. The van der Waals surface area contributed by atoms with Gasteiger partial charge in [-0.1, -0.05) is 6.07 Å². The zero-order valence-electron chi connectivity index (χ0n) is 8.76. The smallest absolute Gasteiger partial charge is 0.142 e. The van der Waals surface area contributed by atoms with E-state index in [1.807, 2.05) is 18.2 Å². The Balaban J connectivity index is 1.99. The van der Waals surface area contributed by atoms with Gasteiger partial charge in [0.05, 0.1) is 17.5 Å². The SMILES string of the molecule is OC1CCc2nc(-c3ccccn3)sc2C1. The van der Waals surface area contributed by atoms with E-state index in [4.69, 9.17) is 0 Å². The summed E-state index contributed by atoms with van der Waals surface area (Å²) in [5.41, 5.74) is 2.08. The Morgan fingerprint density at radius 2 is 2.31 bits per heavy atom. The van der Waals surface area contributed by atoms with Gasteiger partial charge in [-0.2, -0.15) is 0 Å². The van der Waals surface area contributed by atoms with E-state index in [2.05, 4.69) is 9.97 Å². The lowest BCUT2D eigenvalue weighted by Gasteiger charge is -2.14. The molecule has 4 heteroatoms. The number of aryl methyl sites for hydroxylation is 1. The third-order valence-corrected chi connectivity index (χ3v) is 3.94. The van der Waals surface area contributed by atoms with E-state index < -0.39 is 0 Å². The fourth-order valence-electron chi connectivity index (χ4n) is 1.96. The van der Waals surface area contributed by atoms with Crippen molar-refractivity contribution in [1.29, 1.82) is 0 Å². The molecule has 3 nitrogen and oxygen atoms in total. The van der Waals surface area contributed by atoms with E-state index in [9.17, 15) is 5.11 Å². The van der Waals surface area contributed by atoms with Gasteiger partial charge in [-0.3, -0.25) is 4.98 Å². The van der Waals surface area contributed by atoms with Crippen LogP contribution in [0.15, 0.2) is 24.4 Å². The molecule has 2 aromatic heterocycles. The predicted molar refractivity (Wildman–Crippen MR) is 63.4 cm³/mol. The number of hydrogen-bond donors (Lipinski definition) is 1. The fraction of sp³-hybridized carbons (Fsp3) is 0.333. The molecule has 0 radical (unpaired) electrons. The number of fused-ring (bicyclic) bond motifs is 1. The summed E-state index contributed by atoms with van der Waals surface area (Å²) in [6, 6.07) is 5.85. The molecule has 82 valence electrons. The molecule has 0 fully saturated rings. The summed E-state index contributed by atoms with van der Waals surface area (Å²) >= 11 is 1.66. The lowest BCUT2D eigenvalue weighted by molar-refractivity contribution is 0.159. The Labute approximate surface area is 97.8 Å². The van der Waals surface area contributed by atoms with Gasteiger partial charge in [0.2, 0.25) is 0 Å². The normalized spacial score (nSPS) is 19.4. The molecule has 1 aliphatic rings. The standard InChI is InChI=1S/C12H12N2OS/c15-8-4-5-9-11(7-8)16-12(14-9)10-3-1-2-6-13-10/h1-3,6,8,15H,4-5,7H2. The lowest BCUT2D eigenvalue weighted by Crippen LogP contribution is -2.17. The number of rotatable bonds is 1. The third kappa shape index (κ3) is 1.74. The van der Waals surface area contributed by atoms with Crippen molar-refractivity contribution in [2.45, 2.75) is 25.4 Å². The molecule has 1 N–H and O–H groups in total. The summed E-state index contributed by atoms with van der Waals surface area (Å²) in [5.74, 6) is 0. The van der Waals surface area contributed by atoms with E-state index in [0.717, 1.165) is 35.7 Å². The van der Waals surface area contributed by atoms with Gasteiger partial charge in [0.1, 0.15) is 5.01 Å². The molecule has 0 aliphatic heterocycles. The molecule has 0 amide bonds. The summed E-state index contributed by atoms with van der Waals surface area (Å²) in [5, 5.41) is 10.6. The van der Waals surface area contributed by atoms with Crippen LogP contribution in [0.5, 0.6) is 0 Å². The van der Waals surface area contributed by atoms with Crippen LogP contribution in [-0.4, -0.2) is 21.2 Å². The minimum Gasteiger partial charge on any atom is -0.393 e. The van der Waals surface area contributed by atoms with Crippen LogP contribution in [0, 0.1) is 0 Å². The van der Waals surface area contributed by atoms with Crippen LogP contribution < -0.4 is 0 Å². The number of thiazole rings is 1. The summed E-state index contributed by atoms with van der Waals surface area (Å²) < 4.78 is 0. The van der Waals surface area contributed by atoms with Crippen molar-refractivity contribution in [1.82, 2.24) is 9.97 Å². The van der Waals surface area contributed by atoms with Gasteiger partial charge in [-0.05, 0) is 25.0 Å². The number of pyridine rings is 1. The first-order chi connectivity index (χ1) is 7.83. The van der Waals surface area contributed by atoms with Crippen molar-refractivity contribution >= 4 is 11.3 Å². The molecule has 1 atom stereocenters. The number of hydrogen-bond acceptors (Lipinski definition) is 4. The van der Waals surface area contributed by atoms with Crippen molar-refractivity contribution in [3.8, 4) is 10.7 Å². The Morgan fingerprint density at radius 1 is 1.38 bits per heavy atom. The summed E-state index contributed by atoms with van der Waals surface area (Å²) in [7, 11) is 0. The van der Waals surface area contributed by atoms with E-state index in [1.165, 1.54) is 4.88 Å². The molecule has 0 aromatic carbocycles. The molecule has 3 rings (SSSR count). The van der Waals surface area contributed by atoms with Crippen LogP contribution in [0.25, 0.3) is 10.7 Å². The molecule has 0 spiro atoms. The van der Waals surface area contributed by atoms with Crippen LogP contribution in [-0.2, 0) is 12.8 Å². The Hall–Kier alpha value is -1.26. The highest BCUT2D eigenvalue weighted by molar-refractivity contribution is 7.15. The predicted octanol–water partition coefficient (Wildman–Crippen LogP) is 2.05. The minimum absolute atomic E-state index is 0.190. The number of nitrogens with zero attached hydrogens (tertiary/aromatic N) is 2. The zero-order chi connectivity index (χ0) is 11.0. The van der Waals surface area contributed by atoms with E-state index >= 15 is 0 Å². The van der Waals surface area contributed by atoms with E-state index in [0.29, 0.717) is 0 Å². The maximum absolute atomic E-state index is 9.60. The second kappa shape index (κ2) is 3.96. The third-order valence-electron chi connectivity index (χ3n) is 2.80. The molecule has 1 unspecified atom stereocenters. The van der Waals surface area contributed by atoms with Gasteiger partial charge in [0.15, 0.2) is 0 Å². The van der Waals surface area contributed by atoms with Crippen molar-refractivity contribution in [3.05, 3.63) is 35.0 Å². The van der Waals surface area contributed by atoms with Crippen LogP contribution in [0.3, 0.4) is 0 Å². The second-order valence-electron chi connectivity index (χ2n) is 4.00. The maximum Gasteiger partial charge on any atom is 0.142 e. The van der Waals surface area contributed by atoms with Crippen molar-refractivity contribution < 1.29 is 5.11 Å². The molecule has 0 bridgehead atoms. The van der Waals surface area contributed by atoms with Gasteiger partial charge in [0.25, 0.3) is 0 Å². The van der Waals surface area contributed by atoms with Crippen LogP contribution >= 0.6 is 11.3 Å². The maximum atomic E-state index is 9.60. The summed E-state index contributed by atoms with van der Waals surface area (Å²) in [4.78, 5) is 10.1. The highest BCUT2D eigenvalue weighted by atomic mass is 32.1. The Kier molecular flexibility index (Phi) is 2.46. The first-order valence-corrected chi connectivity index (χ1v) is 6.22. The average molecular weight is 232 g/mol. The van der Waals surface area contributed by atoms with Crippen molar-refractivity contribution in [2.75, 3.05) is 0 Å². The topological polar surface area (TPSA) is 46.0 Å². The van der Waals surface area contributed by atoms with Crippen molar-refractivity contribution in [3.63, 3.8) is 0 Å². The second-order valence-corrected chi connectivity index (χ2v) is 5.08. The Morgan fingerprint density at radius 3 is 3.12 bits per heavy atom. The quantitative estimate of drug-likeness (QED) is 0.818. The molecule has 2 aromatic rings. The highest BCUT2D eigenvalue weighted by Crippen LogP contribution is 2.31. The van der Waals surface area contributed by atoms with E-state index in [1.54, 1.807) is 17.5 Å². The van der Waals surface area contributed by atoms with Crippen LogP contribution in [0.1, 0.15) is 17.0 Å². The molecule has 0 saturated carbocycles. The molecular weight excluding hydrogens is 220 g/mol. The van der Waals surface area contributed by atoms with Gasteiger partial charge in [-0.25, -0.2) is 4.98 Å². The first kappa shape index (κ1) is 9.93. The van der Waals surface area contributed by atoms with Crippen molar-refractivity contribution in [2.24, 2.45) is 0 Å². The molecule has 16 heavy (non-hydrogen) atoms. The largest absolute Gasteiger partial charge is 0.393 e. The van der Waals surface area contributed by atoms with E-state index in [-0.39, 0.29) is 6.10 Å². The fourth-order valence-corrected chi connectivity index (χ4v) is 3.11. The summed E-state index contributed by atoms with van der Waals surface area (Å²) in [6.07, 6.45) is 4.06. The molecule has 1 aliphatic carbocycles. The van der Waals surface area contributed by atoms with Crippen LogP contribution in [0.4, 0.5) is 0 Å². The lowest BCUT2D eigenvalue weighted by atomic mass is 10.0. The molecule has 2 heterocycles. The van der Waals surface area contributed by atoms with Gasteiger partial charge < -0.3 is 5.11 Å². The number of aliphatic hydroxyl groups excluding tert-OH is 1. The van der Waals surface area contributed by atoms with Crippen LogP contribution in [0.2, 0.25) is 0 Å². The average Bonchev–Trinajstić information content (AvgIpc) is 2.73. The monoisotopic (exact) mass is 232 g/mol. The van der Waals surface area contributed by atoms with Gasteiger partial charge >= 0.3 is 0 Å². The van der Waals surface area contributed by atoms with Gasteiger partial charge in [0, 0.05) is 17.5 Å². The molecule has 0 saturated heterocycles.